The fourth-order valence-corrected chi connectivity index (χ4v) is 2.36. The van der Waals surface area contributed by atoms with Crippen LogP contribution in [-0.2, 0) is 9.47 Å². The third-order valence-corrected chi connectivity index (χ3v) is 3.47. The smallest absolute Gasteiger partial charge is 0.410 e. The summed E-state index contributed by atoms with van der Waals surface area (Å²) < 4.78 is 16.7. The van der Waals surface area contributed by atoms with Gasteiger partial charge in [0.1, 0.15) is 29.8 Å². The van der Waals surface area contributed by atoms with E-state index in [1.165, 1.54) is 0 Å². The first-order valence-electron chi connectivity index (χ1n) is 7.55. The monoisotopic (exact) mass is 321 g/mol. The Kier molecular flexibility index (Phi) is 5.26. The molecule has 2 atom stereocenters. The largest absolute Gasteiger partial charge is 0.486 e. The van der Waals surface area contributed by atoms with Crippen molar-refractivity contribution in [3.05, 3.63) is 29.8 Å². The van der Waals surface area contributed by atoms with E-state index < -0.39 is 5.60 Å². The Morgan fingerprint density at radius 3 is 2.30 bits per heavy atom. The fraction of sp³-hybridized carbons (Fsp3) is 0.529. The first-order chi connectivity index (χ1) is 10.8. The quantitative estimate of drug-likeness (QED) is 0.797. The first kappa shape index (κ1) is 17.3. The van der Waals surface area contributed by atoms with Crippen molar-refractivity contribution in [2.75, 3.05) is 20.2 Å². The van der Waals surface area contributed by atoms with Crippen LogP contribution in [0.25, 0.3) is 0 Å². The van der Waals surface area contributed by atoms with E-state index in [4.69, 9.17) is 14.2 Å². The van der Waals surface area contributed by atoms with E-state index in [2.05, 4.69) is 0 Å². The molecule has 6 nitrogen and oxygen atoms in total. The molecule has 126 valence electrons. The van der Waals surface area contributed by atoms with Gasteiger partial charge in [-0.3, -0.25) is 4.79 Å². The minimum Gasteiger partial charge on any atom is -0.486 e. The topological polar surface area (TPSA) is 65.1 Å². The highest BCUT2D eigenvalue weighted by Gasteiger charge is 2.38. The average molecular weight is 321 g/mol. The van der Waals surface area contributed by atoms with Gasteiger partial charge in [-0.25, -0.2) is 4.79 Å². The Labute approximate surface area is 136 Å². The molecule has 6 heteroatoms. The van der Waals surface area contributed by atoms with E-state index in [0.717, 1.165) is 6.29 Å². The van der Waals surface area contributed by atoms with Gasteiger partial charge < -0.3 is 19.1 Å². The molecule has 0 aliphatic carbocycles. The van der Waals surface area contributed by atoms with Gasteiger partial charge in [0.15, 0.2) is 0 Å². The van der Waals surface area contributed by atoms with Crippen molar-refractivity contribution >= 4 is 12.4 Å². The second-order valence-corrected chi connectivity index (χ2v) is 6.50. The molecule has 0 aromatic heterocycles. The molecular weight excluding hydrogens is 298 g/mol. The molecular formula is C17H23NO5. The van der Waals surface area contributed by atoms with Crippen LogP contribution in [0.5, 0.6) is 5.75 Å². The SMILES string of the molecule is CO[C@@H]1CN(C(=O)OC(C)(C)C)C[C@@H]1Oc1ccc(C=O)cc1. The van der Waals surface area contributed by atoms with Crippen molar-refractivity contribution in [1.29, 1.82) is 0 Å². The van der Waals surface area contributed by atoms with Gasteiger partial charge in [0.25, 0.3) is 0 Å². The van der Waals surface area contributed by atoms with Crippen molar-refractivity contribution < 1.29 is 23.8 Å². The number of carbonyl (C=O) groups is 2. The molecule has 1 amide bonds. The van der Waals surface area contributed by atoms with Crippen LogP contribution in [0.4, 0.5) is 4.79 Å². The Morgan fingerprint density at radius 2 is 1.78 bits per heavy atom. The second-order valence-electron chi connectivity index (χ2n) is 6.50. The molecule has 1 aliphatic rings. The molecule has 1 heterocycles. The lowest BCUT2D eigenvalue weighted by atomic mass is 10.2. The molecule has 2 rings (SSSR count). The van der Waals surface area contributed by atoms with Gasteiger partial charge in [0.05, 0.1) is 13.1 Å². The third kappa shape index (κ3) is 4.69. The van der Waals surface area contributed by atoms with E-state index in [9.17, 15) is 9.59 Å². The summed E-state index contributed by atoms with van der Waals surface area (Å²) in [6.45, 7) is 6.30. The highest BCUT2D eigenvalue weighted by Crippen LogP contribution is 2.22. The Bertz CT molecular complexity index is 549. The summed E-state index contributed by atoms with van der Waals surface area (Å²) in [5.41, 5.74) is 0.0472. The Hall–Kier alpha value is -2.08. The summed E-state index contributed by atoms with van der Waals surface area (Å²) in [4.78, 5) is 24.4. The second kappa shape index (κ2) is 7.00. The van der Waals surface area contributed by atoms with Crippen LogP contribution >= 0.6 is 0 Å². The normalized spacial score (nSPS) is 21.1. The Balaban J connectivity index is 2.01. The molecule has 1 aromatic rings. The van der Waals surface area contributed by atoms with Gasteiger partial charge in [-0.1, -0.05) is 0 Å². The van der Waals surface area contributed by atoms with Crippen LogP contribution in [0, 0.1) is 0 Å². The summed E-state index contributed by atoms with van der Waals surface area (Å²) in [7, 11) is 1.59. The molecule has 1 aliphatic heterocycles. The number of nitrogens with zero attached hydrogens (tertiary/aromatic N) is 1. The number of hydrogen-bond donors (Lipinski definition) is 0. The van der Waals surface area contributed by atoms with Crippen molar-refractivity contribution in [3.8, 4) is 5.75 Å². The predicted molar refractivity (Wildman–Crippen MR) is 84.8 cm³/mol. The van der Waals surface area contributed by atoms with Crippen LogP contribution in [0.3, 0.4) is 0 Å². The molecule has 0 saturated carbocycles. The van der Waals surface area contributed by atoms with Crippen LogP contribution in [0.1, 0.15) is 31.1 Å². The van der Waals surface area contributed by atoms with Gasteiger partial charge in [-0.2, -0.15) is 0 Å². The number of carbonyl (C=O) groups excluding carboxylic acids is 2. The lowest BCUT2D eigenvalue weighted by Crippen LogP contribution is -2.36. The maximum absolute atomic E-state index is 12.2. The summed E-state index contributed by atoms with van der Waals surface area (Å²) in [5.74, 6) is 0.633. The molecule has 0 unspecified atom stereocenters. The van der Waals surface area contributed by atoms with Gasteiger partial charge in [0.2, 0.25) is 0 Å². The van der Waals surface area contributed by atoms with Crippen LogP contribution in [0.2, 0.25) is 0 Å². The summed E-state index contributed by atoms with van der Waals surface area (Å²) >= 11 is 0. The molecule has 1 saturated heterocycles. The number of aldehydes is 1. The van der Waals surface area contributed by atoms with Crippen LogP contribution in [-0.4, -0.2) is 55.3 Å². The zero-order chi connectivity index (χ0) is 17.0. The minimum atomic E-state index is -0.538. The number of amides is 1. The van der Waals surface area contributed by atoms with E-state index in [1.54, 1.807) is 36.3 Å². The van der Waals surface area contributed by atoms with Crippen LogP contribution < -0.4 is 4.74 Å². The van der Waals surface area contributed by atoms with Gasteiger partial charge in [-0.15, -0.1) is 0 Å². The first-order valence-corrected chi connectivity index (χ1v) is 7.55. The number of likely N-dealkylation sites (tertiary alicyclic amines) is 1. The van der Waals surface area contributed by atoms with E-state index >= 15 is 0 Å². The van der Waals surface area contributed by atoms with Crippen LogP contribution in [0.15, 0.2) is 24.3 Å². The van der Waals surface area contributed by atoms with Crippen molar-refractivity contribution in [3.63, 3.8) is 0 Å². The number of rotatable bonds is 4. The third-order valence-electron chi connectivity index (χ3n) is 3.47. The summed E-state index contributed by atoms with van der Waals surface area (Å²) in [6.07, 6.45) is -0.105. The number of methoxy groups -OCH3 is 1. The number of benzene rings is 1. The molecule has 0 spiro atoms. The maximum Gasteiger partial charge on any atom is 0.410 e. The van der Waals surface area contributed by atoms with Gasteiger partial charge >= 0.3 is 6.09 Å². The molecule has 0 bridgehead atoms. The molecule has 0 N–H and O–H groups in total. The minimum absolute atomic E-state index is 0.228. The van der Waals surface area contributed by atoms with E-state index in [0.29, 0.717) is 24.4 Å². The molecule has 1 fully saturated rings. The lowest BCUT2D eigenvalue weighted by Gasteiger charge is -2.24. The molecule has 1 aromatic carbocycles. The van der Waals surface area contributed by atoms with Crippen molar-refractivity contribution in [2.45, 2.75) is 38.6 Å². The molecule has 0 radical (unpaired) electrons. The summed E-state index contributed by atoms with van der Waals surface area (Å²) in [5, 5.41) is 0. The zero-order valence-electron chi connectivity index (χ0n) is 13.9. The number of ether oxygens (including phenoxy) is 3. The van der Waals surface area contributed by atoms with Crippen molar-refractivity contribution in [2.24, 2.45) is 0 Å². The standard InChI is InChI=1S/C17H23NO5/c1-17(2,3)23-16(20)18-9-14(21-4)15(10-18)22-13-7-5-12(11-19)6-8-13/h5-8,11,14-15H,9-10H2,1-4H3/t14-,15+/m1/s1. The van der Waals surface area contributed by atoms with Gasteiger partial charge in [-0.05, 0) is 45.0 Å². The lowest BCUT2D eigenvalue weighted by molar-refractivity contribution is 0.0241. The van der Waals surface area contributed by atoms with Gasteiger partial charge in [0, 0.05) is 12.7 Å². The van der Waals surface area contributed by atoms with E-state index in [-0.39, 0.29) is 18.3 Å². The molecule has 23 heavy (non-hydrogen) atoms. The highest BCUT2D eigenvalue weighted by atomic mass is 16.6. The average Bonchev–Trinajstić information content (AvgIpc) is 2.89. The highest BCUT2D eigenvalue weighted by molar-refractivity contribution is 5.74. The Morgan fingerprint density at radius 1 is 1.17 bits per heavy atom. The summed E-state index contributed by atoms with van der Waals surface area (Å²) in [6, 6.07) is 6.83. The maximum atomic E-state index is 12.2. The fourth-order valence-electron chi connectivity index (χ4n) is 2.36. The number of hydrogen-bond acceptors (Lipinski definition) is 5. The predicted octanol–water partition coefficient (Wildman–Crippen LogP) is 2.51. The van der Waals surface area contributed by atoms with E-state index in [1.807, 2.05) is 20.8 Å². The van der Waals surface area contributed by atoms with Crippen molar-refractivity contribution in [1.82, 2.24) is 4.90 Å². The zero-order valence-corrected chi connectivity index (χ0v) is 13.9.